The van der Waals surface area contributed by atoms with Gasteiger partial charge in [0.05, 0.1) is 5.52 Å². The van der Waals surface area contributed by atoms with Gasteiger partial charge in [-0.1, -0.05) is 13.8 Å². The summed E-state index contributed by atoms with van der Waals surface area (Å²) in [7, 11) is 0. The Morgan fingerprint density at radius 1 is 1.50 bits per heavy atom. The molecule has 0 saturated heterocycles. The molecule has 0 aliphatic heterocycles. The van der Waals surface area contributed by atoms with Crippen molar-refractivity contribution in [2.45, 2.75) is 40.2 Å². The number of rotatable bonds is 3. The molecule has 1 saturated carbocycles. The maximum absolute atomic E-state index is 5.45. The monoisotopic (exact) mass is 261 g/mol. The number of fused-ring (bicyclic) bond motifs is 1. The Kier molecular flexibility index (Phi) is 2.59. The van der Waals surface area contributed by atoms with E-state index in [1.807, 2.05) is 6.20 Å². The topological polar surface area (TPSA) is 33.6 Å². The molecule has 0 aromatic carbocycles. The van der Waals surface area contributed by atoms with Crippen molar-refractivity contribution in [1.29, 1.82) is 0 Å². The SMILES string of the molecule is Cc1cnc2c(c1)[nH]c(=S)n2CC1(C(C)C)CC1. The van der Waals surface area contributed by atoms with Crippen molar-refractivity contribution >= 4 is 23.4 Å². The number of nitrogens with one attached hydrogen (secondary N) is 1. The number of aromatic nitrogens is 3. The lowest BCUT2D eigenvalue weighted by molar-refractivity contribution is 0.310. The van der Waals surface area contributed by atoms with Gasteiger partial charge in [-0.15, -0.1) is 0 Å². The molecule has 1 fully saturated rings. The average Bonchev–Trinajstić information content (AvgIpc) is 3.02. The predicted molar refractivity (Wildman–Crippen MR) is 76.2 cm³/mol. The van der Waals surface area contributed by atoms with E-state index in [0.717, 1.165) is 28.0 Å². The summed E-state index contributed by atoms with van der Waals surface area (Å²) in [6.45, 7) is 7.67. The van der Waals surface area contributed by atoms with E-state index in [-0.39, 0.29) is 0 Å². The van der Waals surface area contributed by atoms with Gasteiger partial charge in [0.15, 0.2) is 10.4 Å². The third kappa shape index (κ3) is 1.79. The minimum absolute atomic E-state index is 0.444. The maximum atomic E-state index is 5.45. The lowest BCUT2D eigenvalue weighted by Crippen LogP contribution is -2.18. The van der Waals surface area contributed by atoms with E-state index in [1.165, 1.54) is 12.8 Å². The summed E-state index contributed by atoms with van der Waals surface area (Å²) in [5.74, 6) is 0.704. The number of H-pyrrole nitrogens is 1. The van der Waals surface area contributed by atoms with E-state index in [0.29, 0.717) is 11.3 Å². The van der Waals surface area contributed by atoms with E-state index in [1.54, 1.807) is 0 Å². The minimum atomic E-state index is 0.444. The fourth-order valence-electron chi connectivity index (χ4n) is 2.69. The molecule has 1 aliphatic carbocycles. The van der Waals surface area contributed by atoms with Gasteiger partial charge in [0.2, 0.25) is 0 Å². The number of aromatic amines is 1. The van der Waals surface area contributed by atoms with E-state index in [9.17, 15) is 0 Å². The van der Waals surface area contributed by atoms with Crippen LogP contribution in [-0.4, -0.2) is 14.5 Å². The standard InChI is InChI=1S/C14H19N3S/c1-9(2)14(4-5-14)8-17-12-11(16-13(17)18)6-10(3)7-15-12/h6-7,9H,4-5,8H2,1-3H3,(H,16,18). The molecule has 2 aromatic rings. The molecule has 2 heterocycles. The average molecular weight is 261 g/mol. The highest BCUT2D eigenvalue weighted by Crippen LogP contribution is 2.53. The molecule has 18 heavy (non-hydrogen) atoms. The highest BCUT2D eigenvalue weighted by molar-refractivity contribution is 7.71. The van der Waals surface area contributed by atoms with Gasteiger partial charge in [-0.2, -0.15) is 0 Å². The molecule has 1 aliphatic rings. The molecular weight excluding hydrogens is 242 g/mol. The second-order valence-electron chi connectivity index (χ2n) is 5.92. The summed E-state index contributed by atoms with van der Waals surface area (Å²) in [6.07, 6.45) is 4.53. The highest BCUT2D eigenvalue weighted by atomic mass is 32.1. The molecule has 0 atom stereocenters. The van der Waals surface area contributed by atoms with Gasteiger partial charge < -0.3 is 9.55 Å². The molecule has 1 N–H and O–H groups in total. The first-order valence-electron chi connectivity index (χ1n) is 6.57. The third-order valence-corrected chi connectivity index (χ3v) is 4.66. The summed E-state index contributed by atoms with van der Waals surface area (Å²) < 4.78 is 2.98. The summed E-state index contributed by atoms with van der Waals surface area (Å²) in [4.78, 5) is 7.81. The first kappa shape index (κ1) is 11.9. The van der Waals surface area contributed by atoms with E-state index in [2.05, 4.69) is 41.4 Å². The van der Waals surface area contributed by atoms with Crippen LogP contribution in [0.4, 0.5) is 0 Å². The van der Waals surface area contributed by atoms with Gasteiger partial charge >= 0.3 is 0 Å². The number of aryl methyl sites for hydroxylation is 1. The van der Waals surface area contributed by atoms with Crippen LogP contribution in [0.2, 0.25) is 0 Å². The van der Waals surface area contributed by atoms with E-state index in [4.69, 9.17) is 12.2 Å². The fourth-order valence-corrected chi connectivity index (χ4v) is 2.95. The Hall–Kier alpha value is -1.16. The third-order valence-electron chi connectivity index (χ3n) is 4.34. The Bertz CT molecular complexity index is 647. The number of nitrogens with zero attached hydrogens (tertiary/aromatic N) is 2. The zero-order valence-corrected chi connectivity index (χ0v) is 12.0. The Labute approximate surface area is 112 Å². The number of imidazole rings is 1. The second kappa shape index (κ2) is 3.92. The summed E-state index contributed by atoms with van der Waals surface area (Å²) in [6, 6.07) is 2.11. The first-order valence-corrected chi connectivity index (χ1v) is 6.98. The molecule has 0 bridgehead atoms. The van der Waals surface area contributed by atoms with Crippen molar-refractivity contribution < 1.29 is 0 Å². The molecule has 0 radical (unpaired) electrons. The molecule has 96 valence electrons. The Balaban J connectivity index is 2.07. The predicted octanol–water partition coefficient (Wildman–Crippen LogP) is 3.84. The van der Waals surface area contributed by atoms with Crippen LogP contribution in [-0.2, 0) is 6.54 Å². The number of hydrogen-bond acceptors (Lipinski definition) is 2. The molecule has 2 aromatic heterocycles. The summed E-state index contributed by atoms with van der Waals surface area (Å²) in [5, 5.41) is 0. The van der Waals surface area contributed by atoms with Crippen molar-refractivity contribution in [2.75, 3.05) is 0 Å². The van der Waals surface area contributed by atoms with Crippen molar-refractivity contribution in [3.63, 3.8) is 0 Å². The molecule has 0 amide bonds. The second-order valence-corrected chi connectivity index (χ2v) is 6.30. The van der Waals surface area contributed by atoms with Crippen LogP contribution in [0.1, 0.15) is 32.3 Å². The zero-order chi connectivity index (χ0) is 12.9. The van der Waals surface area contributed by atoms with Crippen molar-refractivity contribution in [3.8, 4) is 0 Å². The largest absolute Gasteiger partial charge is 0.329 e. The van der Waals surface area contributed by atoms with Gasteiger partial charge in [0.25, 0.3) is 0 Å². The van der Waals surface area contributed by atoms with Crippen LogP contribution in [0, 0.1) is 23.0 Å². The Morgan fingerprint density at radius 2 is 2.22 bits per heavy atom. The Morgan fingerprint density at radius 3 is 2.83 bits per heavy atom. The van der Waals surface area contributed by atoms with E-state index < -0.39 is 0 Å². The van der Waals surface area contributed by atoms with Crippen LogP contribution in [0.3, 0.4) is 0 Å². The van der Waals surface area contributed by atoms with Gasteiger partial charge in [-0.05, 0) is 54.9 Å². The van der Waals surface area contributed by atoms with Crippen LogP contribution < -0.4 is 0 Å². The molecule has 4 heteroatoms. The smallest absolute Gasteiger partial charge is 0.179 e. The molecular formula is C14H19N3S. The van der Waals surface area contributed by atoms with Gasteiger partial charge in [0, 0.05) is 12.7 Å². The molecule has 0 spiro atoms. The van der Waals surface area contributed by atoms with Crippen molar-refractivity contribution in [3.05, 3.63) is 22.6 Å². The normalized spacial score (nSPS) is 17.6. The molecule has 3 rings (SSSR count). The van der Waals surface area contributed by atoms with Crippen LogP contribution in [0.5, 0.6) is 0 Å². The highest BCUT2D eigenvalue weighted by Gasteiger charge is 2.45. The lowest BCUT2D eigenvalue weighted by atomic mass is 9.92. The van der Waals surface area contributed by atoms with Crippen LogP contribution in [0.25, 0.3) is 11.2 Å². The first-order chi connectivity index (χ1) is 8.52. The zero-order valence-electron chi connectivity index (χ0n) is 11.2. The quantitative estimate of drug-likeness (QED) is 0.852. The van der Waals surface area contributed by atoms with Crippen molar-refractivity contribution in [1.82, 2.24) is 14.5 Å². The van der Waals surface area contributed by atoms with Gasteiger partial charge in [-0.3, -0.25) is 0 Å². The fraction of sp³-hybridized carbons (Fsp3) is 0.571. The molecule has 3 nitrogen and oxygen atoms in total. The maximum Gasteiger partial charge on any atom is 0.179 e. The lowest BCUT2D eigenvalue weighted by Gasteiger charge is -2.20. The summed E-state index contributed by atoms with van der Waals surface area (Å²) in [5.41, 5.74) is 3.66. The number of hydrogen-bond donors (Lipinski definition) is 1. The van der Waals surface area contributed by atoms with Crippen molar-refractivity contribution in [2.24, 2.45) is 11.3 Å². The van der Waals surface area contributed by atoms with Gasteiger partial charge in [-0.25, -0.2) is 4.98 Å². The minimum Gasteiger partial charge on any atom is -0.329 e. The molecule has 0 unspecified atom stereocenters. The summed E-state index contributed by atoms with van der Waals surface area (Å²) >= 11 is 5.45. The van der Waals surface area contributed by atoms with Crippen LogP contribution >= 0.6 is 12.2 Å². The van der Waals surface area contributed by atoms with E-state index >= 15 is 0 Å². The number of pyridine rings is 1. The van der Waals surface area contributed by atoms with Crippen LogP contribution in [0.15, 0.2) is 12.3 Å². The van der Waals surface area contributed by atoms with Gasteiger partial charge in [0.1, 0.15) is 0 Å².